The molecule has 0 atom stereocenters. The zero-order chi connectivity index (χ0) is 15.7. The molecule has 0 saturated carbocycles. The fourth-order valence-electron chi connectivity index (χ4n) is 2.32. The molecule has 1 aromatic carbocycles. The number of aromatic nitrogens is 2. The van der Waals surface area contributed by atoms with Crippen LogP contribution in [0.15, 0.2) is 34.2 Å². The molecule has 0 radical (unpaired) electrons. The van der Waals surface area contributed by atoms with E-state index < -0.39 is 10.0 Å². The number of fused-ring (bicyclic) bond motifs is 1. The maximum atomic E-state index is 12.3. The van der Waals surface area contributed by atoms with Gasteiger partial charge in [-0.15, -0.1) is 11.3 Å². The van der Waals surface area contributed by atoms with E-state index in [2.05, 4.69) is 20.8 Å². The highest BCUT2D eigenvalue weighted by Crippen LogP contribution is 2.30. The van der Waals surface area contributed by atoms with Gasteiger partial charge in [0.2, 0.25) is 4.34 Å². The van der Waals surface area contributed by atoms with Crippen molar-refractivity contribution in [3.8, 4) is 6.07 Å². The van der Waals surface area contributed by atoms with Crippen molar-refractivity contribution in [1.29, 1.82) is 5.26 Å². The second-order valence-electron chi connectivity index (χ2n) is 4.59. The van der Waals surface area contributed by atoms with Crippen molar-refractivity contribution in [3.05, 3.63) is 41.0 Å². The first-order chi connectivity index (χ1) is 10.6. The minimum Gasteiger partial charge on any atom is -0.358 e. The molecule has 0 aliphatic heterocycles. The lowest BCUT2D eigenvalue weighted by atomic mass is 10.0. The van der Waals surface area contributed by atoms with Gasteiger partial charge in [-0.2, -0.15) is 13.7 Å². The van der Waals surface area contributed by atoms with Crippen LogP contribution in [0.25, 0.3) is 10.9 Å². The predicted octanol–water partition coefficient (Wildman–Crippen LogP) is 2.86. The van der Waals surface area contributed by atoms with Gasteiger partial charge in [-0.1, -0.05) is 13.0 Å². The van der Waals surface area contributed by atoms with E-state index in [1.165, 1.54) is 6.20 Å². The Bertz CT molecular complexity index is 966. The summed E-state index contributed by atoms with van der Waals surface area (Å²) in [5, 5.41) is 11.6. The summed E-state index contributed by atoms with van der Waals surface area (Å²) in [5.41, 5.74) is 2.51. The number of thiazole rings is 1. The van der Waals surface area contributed by atoms with Crippen LogP contribution in [0.1, 0.15) is 18.1 Å². The van der Waals surface area contributed by atoms with E-state index in [4.69, 9.17) is 0 Å². The zero-order valence-corrected chi connectivity index (χ0v) is 13.3. The van der Waals surface area contributed by atoms with Crippen molar-refractivity contribution in [3.63, 3.8) is 0 Å². The van der Waals surface area contributed by atoms with Crippen molar-refractivity contribution >= 4 is 38.0 Å². The van der Waals surface area contributed by atoms with Crippen LogP contribution in [0, 0.1) is 11.3 Å². The number of nitrogens with zero attached hydrogens (tertiary/aromatic N) is 2. The third-order valence-electron chi connectivity index (χ3n) is 3.31. The van der Waals surface area contributed by atoms with Crippen molar-refractivity contribution in [2.45, 2.75) is 17.7 Å². The molecule has 0 amide bonds. The summed E-state index contributed by atoms with van der Waals surface area (Å²) in [5.74, 6) is 0. The van der Waals surface area contributed by atoms with E-state index in [9.17, 15) is 13.7 Å². The number of hydrogen-bond acceptors (Lipinski definition) is 5. The van der Waals surface area contributed by atoms with Gasteiger partial charge < -0.3 is 4.98 Å². The highest BCUT2D eigenvalue weighted by molar-refractivity contribution is 7.94. The Morgan fingerprint density at radius 2 is 2.27 bits per heavy atom. The number of hydrogen-bond donors (Lipinski definition) is 2. The van der Waals surface area contributed by atoms with Crippen molar-refractivity contribution in [2.24, 2.45) is 0 Å². The normalized spacial score (nSPS) is 11.5. The molecule has 0 aliphatic carbocycles. The summed E-state index contributed by atoms with van der Waals surface area (Å²) in [6.07, 6.45) is 3.78. The van der Waals surface area contributed by atoms with Crippen LogP contribution in [-0.4, -0.2) is 18.4 Å². The maximum absolute atomic E-state index is 12.3. The minimum atomic E-state index is -3.72. The number of nitrogens with one attached hydrogen (secondary N) is 2. The molecule has 0 unspecified atom stereocenters. The molecule has 0 saturated heterocycles. The lowest BCUT2D eigenvalue weighted by molar-refractivity contribution is 0.600. The summed E-state index contributed by atoms with van der Waals surface area (Å²) in [4.78, 5) is 6.81. The summed E-state index contributed by atoms with van der Waals surface area (Å²) >= 11 is 1.05. The van der Waals surface area contributed by atoms with E-state index >= 15 is 0 Å². The molecular formula is C14H12N4O2S2. The highest BCUT2D eigenvalue weighted by Gasteiger charge is 2.20. The first-order valence-electron chi connectivity index (χ1n) is 6.52. The molecule has 2 aromatic heterocycles. The Hall–Kier alpha value is -2.37. The molecule has 0 bridgehead atoms. The van der Waals surface area contributed by atoms with Crippen LogP contribution in [0.5, 0.6) is 0 Å². The Kier molecular flexibility index (Phi) is 3.60. The van der Waals surface area contributed by atoms with Crippen molar-refractivity contribution in [1.82, 2.24) is 9.97 Å². The van der Waals surface area contributed by atoms with Crippen molar-refractivity contribution in [2.75, 3.05) is 4.72 Å². The smallest absolute Gasteiger partial charge is 0.289 e. The van der Waals surface area contributed by atoms with Crippen LogP contribution in [0.2, 0.25) is 0 Å². The molecule has 2 N–H and O–H groups in total. The zero-order valence-electron chi connectivity index (χ0n) is 11.6. The van der Waals surface area contributed by atoms with Gasteiger partial charge in [0.15, 0.2) is 0 Å². The highest BCUT2D eigenvalue weighted by atomic mass is 32.2. The summed E-state index contributed by atoms with van der Waals surface area (Å²) in [6.45, 7) is 1.99. The largest absolute Gasteiger partial charge is 0.358 e. The molecule has 8 heteroatoms. The average molecular weight is 332 g/mol. The average Bonchev–Trinajstić information content (AvgIpc) is 3.17. The van der Waals surface area contributed by atoms with Crippen LogP contribution in [-0.2, 0) is 16.4 Å². The van der Waals surface area contributed by atoms with E-state index in [-0.39, 0.29) is 4.34 Å². The summed E-state index contributed by atoms with van der Waals surface area (Å²) < 4.78 is 27.1. The van der Waals surface area contributed by atoms with Crippen molar-refractivity contribution < 1.29 is 8.42 Å². The Labute approximate surface area is 131 Å². The lowest BCUT2D eigenvalue weighted by Gasteiger charge is -2.09. The number of H-pyrrole nitrogens is 1. The number of aryl methyl sites for hydroxylation is 1. The summed E-state index contributed by atoms with van der Waals surface area (Å²) in [6, 6.07) is 5.65. The molecule has 0 aliphatic rings. The Morgan fingerprint density at radius 3 is 2.91 bits per heavy atom. The molecule has 3 aromatic rings. The number of benzene rings is 1. The SMILES string of the molecule is CCc1ccc(NS(=O)(=O)c2nccs2)c2[nH]cc(C#N)c12. The molecule has 22 heavy (non-hydrogen) atoms. The standard InChI is InChI=1S/C14H12N4O2S2/c1-2-9-3-4-11(13-12(9)10(7-15)8-17-13)18-22(19,20)14-16-5-6-21-14/h3-6,8,17-18H,2H2,1H3. The van der Waals surface area contributed by atoms with Gasteiger partial charge >= 0.3 is 0 Å². The van der Waals surface area contributed by atoms with Gasteiger partial charge in [-0.25, -0.2) is 4.98 Å². The van der Waals surface area contributed by atoms with Crippen LogP contribution in [0.4, 0.5) is 5.69 Å². The van der Waals surface area contributed by atoms with Gasteiger partial charge in [-0.3, -0.25) is 4.72 Å². The number of rotatable bonds is 4. The monoisotopic (exact) mass is 332 g/mol. The van der Waals surface area contributed by atoms with E-state index in [0.29, 0.717) is 16.8 Å². The predicted molar refractivity (Wildman–Crippen MR) is 85.3 cm³/mol. The molecule has 3 rings (SSSR count). The van der Waals surface area contributed by atoms with Gasteiger partial charge in [0, 0.05) is 23.2 Å². The van der Waals surface area contributed by atoms with Crippen LogP contribution < -0.4 is 4.72 Å². The van der Waals surface area contributed by atoms with Gasteiger partial charge in [0.1, 0.15) is 6.07 Å². The van der Waals surface area contributed by atoms with Gasteiger partial charge in [-0.05, 0) is 18.1 Å². The number of anilines is 1. The molecular weight excluding hydrogens is 320 g/mol. The van der Waals surface area contributed by atoms with Gasteiger partial charge in [0.25, 0.3) is 10.0 Å². The van der Waals surface area contributed by atoms with E-state index in [1.807, 2.05) is 13.0 Å². The first kappa shape index (κ1) is 14.6. The summed E-state index contributed by atoms with van der Waals surface area (Å²) in [7, 11) is -3.72. The molecule has 112 valence electrons. The molecule has 6 nitrogen and oxygen atoms in total. The first-order valence-corrected chi connectivity index (χ1v) is 8.88. The maximum Gasteiger partial charge on any atom is 0.289 e. The Morgan fingerprint density at radius 1 is 1.45 bits per heavy atom. The fraction of sp³-hybridized carbons (Fsp3) is 0.143. The quantitative estimate of drug-likeness (QED) is 0.767. The number of sulfonamides is 1. The molecule has 0 spiro atoms. The van der Waals surface area contributed by atoms with E-state index in [1.54, 1.807) is 17.6 Å². The lowest BCUT2D eigenvalue weighted by Crippen LogP contribution is -2.13. The van der Waals surface area contributed by atoms with E-state index in [0.717, 1.165) is 28.7 Å². The Balaban J connectivity index is 2.14. The minimum absolute atomic E-state index is 0.00674. The number of nitriles is 1. The topological polar surface area (TPSA) is 98.6 Å². The molecule has 0 fully saturated rings. The third-order valence-corrected chi connectivity index (χ3v) is 5.87. The fourth-order valence-corrected chi connectivity index (χ4v) is 4.22. The third kappa shape index (κ3) is 2.34. The van der Waals surface area contributed by atoms with Crippen LogP contribution in [0.3, 0.4) is 0 Å². The molecule has 2 heterocycles. The second kappa shape index (κ2) is 5.44. The van der Waals surface area contributed by atoms with Gasteiger partial charge in [0.05, 0.1) is 16.8 Å². The van der Waals surface area contributed by atoms with Crippen LogP contribution >= 0.6 is 11.3 Å². The second-order valence-corrected chi connectivity index (χ2v) is 7.34. The number of aromatic amines is 1.